The van der Waals surface area contributed by atoms with Gasteiger partial charge in [0, 0.05) is 32.2 Å². The van der Waals surface area contributed by atoms with Crippen LogP contribution in [0.5, 0.6) is 0 Å². The third-order valence-corrected chi connectivity index (χ3v) is 5.14. The summed E-state index contributed by atoms with van der Waals surface area (Å²) in [5.74, 6) is 0.830. The Bertz CT molecular complexity index is 812. The molecule has 1 aliphatic heterocycles. The Morgan fingerprint density at radius 1 is 1.30 bits per heavy atom. The van der Waals surface area contributed by atoms with Crippen LogP contribution in [0.3, 0.4) is 0 Å². The van der Waals surface area contributed by atoms with Crippen LogP contribution in [-0.2, 0) is 22.7 Å². The summed E-state index contributed by atoms with van der Waals surface area (Å²) in [6.07, 6.45) is 1.91. The molecule has 0 radical (unpaired) electrons. The standard InChI is InChI=1S/C20H27N5O2/c1-5-24-13-21-22-18(24)12-23(4)20(27)16-10-19(26)25(11-16)17-8-6-15(7-9-17)14(2)3/h6-9,13-14,16H,5,10-12H2,1-4H3/t16-/m0/s1. The number of rotatable bonds is 6. The Hall–Kier alpha value is -2.70. The van der Waals surface area contributed by atoms with E-state index in [1.807, 2.05) is 35.8 Å². The molecule has 7 heteroatoms. The predicted octanol–water partition coefficient (Wildman–Crippen LogP) is 2.43. The molecule has 144 valence electrons. The van der Waals surface area contributed by atoms with Crippen LogP contribution >= 0.6 is 0 Å². The molecule has 1 atom stereocenters. The average molecular weight is 369 g/mol. The minimum absolute atomic E-state index is 0.00391. The number of hydrogen-bond acceptors (Lipinski definition) is 4. The fourth-order valence-corrected chi connectivity index (χ4v) is 3.43. The largest absolute Gasteiger partial charge is 0.338 e. The molecule has 2 aromatic rings. The number of hydrogen-bond donors (Lipinski definition) is 0. The molecule has 0 aliphatic carbocycles. The first-order valence-corrected chi connectivity index (χ1v) is 9.42. The molecule has 1 saturated heterocycles. The first kappa shape index (κ1) is 19.1. The van der Waals surface area contributed by atoms with Crippen LogP contribution in [0.1, 0.15) is 44.5 Å². The molecule has 3 rings (SSSR count). The molecule has 0 saturated carbocycles. The fourth-order valence-electron chi connectivity index (χ4n) is 3.43. The molecular formula is C20H27N5O2. The van der Waals surface area contributed by atoms with Gasteiger partial charge in [0.15, 0.2) is 5.82 Å². The average Bonchev–Trinajstić information content (AvgIpc) is 3.27. The minimum Gasteiger partial charge on any atom is -0.338 e. The van der Waals surface area contributed by atoms with Gasteiger partial charge in [-0.15, -0.1) is 10.2 Å². The number of aryl methyl sites for hydroxylation is 1. The summed E-state index contributed by atoms with van der Waals surface area (Å²) in [7, 11) is 1.75. The molecule has 0 bridgehead atoms. The highest BCUT2D eigenvalue weighted by atomic mass is 16.2. The van der Waals surface area contributed by atoms with E-state index in [1.54, 1.807) is 23.2 Å². The smallest absolute Gasteiger partial charge is 0.228 e. The van der Waals surface area contributed by atoms with Crippen LogP contribution in [0.2, 0.25) is 0 Å². The van der Waals surface area contributed by atoms with Crippen molar-refractivity contribution in [1.82, 2.24) is 19.7 Å². The SMILES string of the molecule is CCn1cnnc1CN(C)C(=O)[C@H]1CC(=O)N(c2ccc(C(C)C)cc2)C1. The second-order valence-corrected chi connectivity index (χ2v) is 7.38. The number of anilines is 1. The van der Waals surface area contributed by atoms with Crippen LogP contribution in [0.15, 0.2) is 30.6 Å². The zero-order valence-corrected chi connectivity index (χ0v) is 16.4. The second-order valence-electron chi connectivity index (χ2n) is 7.38. The molecule has 1 aromatic heterocycles. The normalized spacial score (nSPS) is 17.0. The summed E-state index contributed by atoms with van der Waals surface area (Å²) in [4.78, 5) is 28.7. The van der Waals surface area contributed by atoms with Crippen LogP contribution < -0.4 is 4.90 Å². The van der Waals surface area contributed by atoms with E-state index in [0.717, 1.165) is 18.1 Å². The first-order valence-electron chi connectivity index (χ1n) is 9.42. The van der Waals surface area contributed by atoms with E-state index in [4.69, 9.17) is 0 Å². The van der Waals surface area contributed by atoms with Crippen LogP contribution in [-0.4, -0.2) is 45.1 Å². The summed E-state index contributed by atoms with van der Waals surface area (Å²) in [6, 6.07) is 8.03. The van der Waals surface area contributed by atoms with Crippen molar-refractivity contribution in [3.8, 4) is 0 Å². The van der Waals surface area contributed by atoms with Gasteiger partial charge in [0.05, 0.1) is 12.5 Å². The summed E-state index contributed by atoms with van der Waals surface area (Å²) in [5, 5.41) is 7.98. The van der Waals surface area contributed by atoms with Crippen molar-refractivity contribution in [2.24, 2.45) is 5.92 Å². The topological polar surface area (TPSA) is 71.3 Å². The van der Waals surface area contributed by atoms with Crippen molar-refractivity contribution in [2.75, 3.05) is 18.5 Å². The number of benzene rings is 1. The maximum absolute atomic E-state index is 12.8. The van der Waals surface area contributed by atoms with Crippen molar-refractivity contribution in [3.63, 3.8) is 0 Å². The van der Waals surface area contributed by atoms with Crippen molar-refractivity contribution in [2.45, 2.75) is 46.2 Å². The van der Waals surface area contributed by atoms with Gasteiger partial charge in [-0.1, -0.05) is 26.0 Å². The molecule has 1 aromatic carbocycles. The van der Waals surface area contributed by atoms with Crippen LogP contribution in [0, 0.1) is 5.92 Å². The van der Waals surface area contributed by atoms with Gasteiger partial charge in [0.25, 0.3) is 0 Å². The molecule has 1 fully saturated rings. The summed E-state index contributed by atoms with van der Waals surface area (Å²) >= 11 is 0. The predicted molar refractivity (Wildman–Crippen MR) is 103 cm³/mol. The molecule has 2 amide bonds. The lowest BCUT2D eigenvalue weighted by Gasteiger charge is -2.21. The Morgan fingerprint density at radius 3 is 2.63 bits per heavy atom. The fraction of sp³-hybridized carbons (Fsp3) is 0.500. The third kappa shape index (κ3) is 4.02. The lowest BCUT2D eigenvalue weighted by molar-refractivity contribution is -0.135. The lowest BCUT2D eigenvalue weighted by atomic mass is 10.0. The maximum Gasteiger partial charge on any atom is 0.228 e. The molecule has 0 spiro atoms. The van der Waals surface area contributed by atoms with Gasteiger partial charge in [-0.2, -0.15) is 0 Å². The van der Waals surface area contributed by atoms with Gasteiger partial charge in [0.2, 0.25) is 11.8 Å². The maximum atomic E-state index is 12.8. The van der Waals surface area contributed by atoms with E-state index < -0.39 is 0 Å². The van der Waals surface area contributed by atoms with Crippen LogP contribution in [0.4, 0.5) is 5.69 Å². The molecule has 0 unspecified atom stereocenters. The van der Waals surface area contributed by atoms with Crippen molar-refractivity contribution < 1.29 is 9.59 Å². The molecular weight excluding hydrogens is 342 g/mol. The summed E-state index contributed by atoms with van der Waals surface area (Å²) in [5.41, 5.74) is 2.09. The van der Waals surface area contributed by atoms with E-state index in [1.165, 1.54) is 5.56 Å². The van der Waals surface area contributed by atoms with E-state index >= 15 is 0 Å². The lowest BCUT2D eigenvalue weighted by Crippen LogP contribution is -2.35. The quantitative estimate of drug-likeness (QED) is 0.784. The minimum atomic E-state index is -0.328. The van der Waals surface area contributed by atoms with Gasteiger partial charge in [-0.05, 0) is 30.5 Å². The molecule has 27 heavy (non-hydrogen) atoms. The Kier molecular flexibility index (Phi) is 5.58. The van der Waals surface area contributed by atoms with Crippen LogP contribution in [0.25, 0.3) is 0 Å². The van der Waals surface area contributed by atoms with E-state index in [2.05, 4.69) is 24.0 Å². The highest BCUT2D eigenvalue weighted by Crippen LogP contribution is 2.28. The number of carbonyl (C=O) groups is 2. The third-order valence-electron chi connectivity index (χ3n) is 5.14. The van der Waals surface area contributed by atoms with Gasteiger partial charge >= 0.3 is 0 Å². The zero-order valence-electron chi connectivity index (χ0n) is 16.4. The number of aromatic nitrogens is 3. The number of amides is 2. The Balaban J connectivity index is 1.66. The van der Waals surface area contributed by atoms with Crippen molar-refractivity contribution >= 4 is 17.5 Å². The molecule has 2 heterocycles. The number of nitrogens with zero attached hydrogens (tertiary/aromatic N) is 5. The van der Waals surface area contributed by atoms with E-state index in [0.29, 0.717) is 19.0 Å². The zero-order chi connectivity index (χ0) is 19.6. The van der Waals surface area contributed by atoms with Crippen molar-refractivity contribution in [3.05, 3.63) is 42.0 Å². The molecule has 7 nitrogen and oxygen atoms in total. The van der Waals surface area contributed by atoms with E-state index in [9.17, 15) is 9.59 Å². The molecule has 0 N–H and O–H groups in total. The van der Waals surface area contributed by atoms with Gasteiger partial charge in [0.1, 0.15) is 6.33 Å². The Labute approximate surface area is 160 Å². The molecule has 1 aliphatic rings. The van der Waals surface area contributed by atoms with Gasteiger partial charge in [-0.3, -0.25) is 9.59 Å². The monoisotopic (exact) mass is 369 g/mol. The van der Waals surface area contributed by atoms with Gasteiger partial charge < -0.3 is 14.4 Å². The highest BCUT2D eigenvalue weighted by Gasteiger charge is 2.36. The van der Waals surface area contributed by atoms with Crippen molar-refractivity contribution in [1.29, 1.82) is 0 Å². The Morgan fingerprint density at radius 2 is 2.00 bits per heavy atom. The first-order chi connectivity index (χ1) is 12.9. The number of carbonyl (C=O) groups excluding carboxylic acids is 2. The second kappa shape index (κ2) is 7.90. The summed E-state index contributed by atoms with van der Waals surface area (Å²) < 4.78 is 1.91. The van der Waals surface area contributed by atoms with Gasteiger partial charge in [-0.25, -0.2) is 0 Å². The van der Waals surface area contributed by atoms with E-state index in [-0.39, 0.29) is 24.2 Å². The highest BCUT2D eigenvalue weighted by molar-refractivity contribution is 6.00. The summed E-state index contributed by atoms with van der Waals surface area (Å²) in [6.45, 7) is 7.85.